The summed E-state index contributed by atoms with van der Waals surface area (Å²) >= 11 is 1.97. The van der Waals surface area contributed by atoms with Crippen LogP contribution in [0.15, 0.2) is 24.3 Å². The van der Waals surface area contributed by atoms with Gasteiger partial charge in [0.2, 0.25) is 0 Å². The quantitative estimate of drug-likeness (QED) is 0.844. The molecular weight excluding hydrogens is 252 g/mol. The van der Waals surface area contributed by atoms with Gasteiger partial charge in [0.15, 0.2) is 0 Å². The van der Waals surface area contributed by atoms with E-state index >= 15 is 0 Å². The van der Waals surface area contributed by atoms with E-state index in [9.17, 15) is 5.11 Å². The van der Waals surface area contributed by atoms with E-state index in [4.69, 9.17) is 0 Å². The van der Waals surface area contributed by atoms with E-state index < -0.39 is 0 Å². The minimum atomic E-state index is -0.286. The number of aliphatic hydroxyl groups excluding tert-OH is 1. The van der Waals surface area contributed by atoms with E-state index in [2.05, 4.69) is 24.3 Å². The number of benzene rings is 1. The average molecular weight is 276 g/mol. The highest BCUT2D eigenvalue weighted by Gasteiger charge is 2.21. The Kier molecular flexibility index (Phi) is 4.49. The predicted octanol–water partition coefficient (Wildman–Crippen LogP) is 4.66. The van der Waals surface area contributed by atoms with Gasteiger partial charge in [-0.3, -0.25) is 0 Å². The summed E-state index contributed by atoms with van der Waals surface area (Å²) in [5, 5.41) is 11.2. The molecule has 1 N–H and O–H groups in total. The molecule has 2 aliphatic rings. The lowest BCUT2D eigenvalue weighted by molar-refractivity contribution is 0.203. The molecular formula is C17H24OS. The monoisotopic (exact) mass is 276 g/mol. The lowest BCUT2D eigenvalue weighted by Gasteiger charge is -2.26. The molecule has 1 aromatic rings. The zero-order valence-corrected chi connectivity index (χ0v) is 12.4. The average Bonchev–Trinajstić information content (AvgIpc) is 2.87. The SMILES string of the molecule is OC(CSC1CCCC1)c1cccc(C2CCC2)c1. The third-order valence-electron chi connectivity index (χ3n) is 4.66. The van der Waals surface area contributed by atoms with Crippen molar-refractivity contribution in [2.24, 2.45) is 0 Å². The third-order valence-corrected chi connectivity index (χ3v) is 6.12. The highest BCUT2D eigenvalue weighted by Crippen LogP contribution is 2.37. The van der Waals surface area contributed by atoms with Crippen molar-refractivity contribution in [2.75, 3.05) is 5.75 Å². The van der Waals surface area contributed by atoms with Crippen LogP contribution in [0.2, 0.25) is 0 Å². The first-order chi connectivity index (χ1) is 9.33. The fraction of sp³-hybridized carbons (Fsp3) is 0.647. The molecule has 0 heterocycles. The number of thioether (sulfide) groups is 1. The van der Waals surface area contributed by atoms with Gasteiger partial charge >= 0.3 is 0 Å². The Morgan fingerprint density at radius 2 is 1.89 bits per heavy atom. The highest BCUT2D eigenvalue weighted by molar-refractivity contribution is 7.99. The normalized spacial score (nSPS) is 22.4. The lowest BCUT2D eigenvalue weighted by Crippen LogP contribution is -2.10. The van der Waals surface area contributed by atoms with Crippen LogP contribution in [0.1, 0.15) is 68.1 Å². The van der Waals surface area contributed by atoms with E-state index in [-0.39, 0.29) is 6.10 Å². The minimum Gasteiger partial charge on any atom is -0.388 e. The fourth-order valence-corrected chi connectivity index (χ4v) is 4.45. The molecule has 3 rings (SSSR count). The van der Waals surface area contributed by atoms with Gasteiger partial charge in [-0.15, -0.1) is 0 Å². The Labute approximate surface area is 120 Å². The van der Waals surface area contributed by atoms with Crippen LogP contribution in [0, 0.1) is 0 Å². The van der Waals surface area contributed by atoms with Crippen molar-refractivity contribution in [2.45, 2.75) is 62.2 Å². The maximum Gasteiger partial charge on any atom is 0.0880 e. The fourth-order valence-electron chi connectivity index (χ4n) is 3.14. The number of rotatable bonds is 5. The second-order valence-corrected chi connectivity index (χ2v) is 7.39. The molecule has 0 aliphatic heterocycles. The maximum absolute atomic E-state index is 10.4. The van der Waals surface area contributed by atoms with Crippen molar-refractivity contribution < 1.29 is 5.11 Å². The van der Waals surface area contributed by atoms with Crippen LogP contribution >= 0.6 is 11.8 Å². The molecule has 2 fully saturated rings. The van der Waals surface area contributed by atoms with Gasteiger partial charge in [0.25, 0.3) is 0 Å². The molecule has 1 atom stereocenters. The Balaban J connectivity index is 1.57. The number of aliphatic hydroxyl groups is 1. The molecule has 2 saturated carbocycles. The standard InChI is InChI=1S/C17H24OS/c18-17(12-19-16-9-1-2-10-16)15-8-4-7-14(11-15)13-5-3-6-13/h4,7-8,11,13,16-18H,1-3,5-6,9-10,12H2. The summed E-state index contributed by atoms with van der Waals surface area (Å²) in [5.74, 6) is 1.62. The largest absolute Gasteiger partial charge is 0.388 e. The summed E-state index contributed by atoms with van der Waals surface area (Å²) in [6.07, 6.45) is 9.20. The molecule has 0 amide bonds. The second-order valence-electron chi connectivity index (χ2n) is 6.05. The van der Waals surface area contributed by atoms with Crippen molar-refractivity contribution in [1.29, 1.82) is 0 Å². The van der Waals surface area contributed by atoms with Crippen LogP contribution in [-0.2, 0) is 0 Å². The van der Waals surface area contributed by atoms with Gasteiger partial charge in [-0.1, -0.05) is 43.5 Å². The second kappa shape index (κ2) is 6.32. The summed E-state index contributed by atoms with van der Waals surface area (Å²) in [7, 11) is 0. The van der Waals surface area contributed by atoms with Crippen molar-refractivity contribution in [3.05, 3.63) is 35.4 Å². The Hall–Kier alpha value is -0.470. The zero-order valence-electron chi connectivity index (χ0n) is 11.6. The van der Waals surface area contributed by atoms with Crippen molar-refractivity contribution >= 4 is 11.8 Å². The van der Waals surface area contributed by atoms with Gasteiger partial charge in [-0.2, -0.15) is 11.8 Å². The summed E-state index contributed by atoms with van der Waals surface area (Å²) < 4.78 is 0. The van der Waals surface area contributed by atoms with Crippen molar-refractivity contribution in [3.63, 3.8) is 0 Å². The topological polar surface area (TPSA) is 20.2 Å². The first-order valence-electron chi connectivity index (χ1n) is 7.72. The van der Waals surface area contributed by atoms with Crippen LogP contribution in [0.3, 0.4) is 0 Å². The van der Waals surface area contributed by atoms with Crippen LogP contribution < -0.4 is 0 Å². The minimum absolute atomic E-state index is 0.286. The van der Waals surface area contributed by atoms with Gasteiger partial charge in [0.1, 0.15) is 0 Å². The van der Waals surface area contributed by atoms with Gasteiger partial charge in [0, 0.05) is 11.0 Å². The highest BCUT2D eigenvalue weighted by atomic mass is 32.2. The van der Waals surface area contributed by atoms with Crippen LogP contribution in [0.25, 0.3) is 0 Å². The van der Waals surface area contributed by atoms with E-state index in [1.807, 2.05) is 11.8 Å². The Bertz CT molecular complexity index is 407. The Morgan fingerprint density at radius 3 is 2.58 bits per heavy atom. The molecule has 0 saturated heterocycles. The first kappa shape index (κ1) is 13.5. The zero-order chi connectivity index (χ0) is 13.1. The van der Waals surface area contributed by atoms with E-state index in [1.165, 1.54) is 50.5 Å². The lowest BCUT2D eigenvalue weighted by atomic mass is 9.79. The number of hydrogen-bond acceptors (Lipinski definition) is 2. The molecule has 0 bridgehead atoms. The summed E-state index contributed by atoms with van der Waals surface area (Å²) in [6.45, 7) is 0. The van der Waals surface area contributed by atoms with E-state index in [0.29, 0.717) is 0 Å². The van der Waals surface area contributed by atoms with Gasteiger partial charge < -0.3 is 5.11 Å². The molecule has 1 aromatic carbocycles. The summed E-state index contributed by atoms with van der Waals surface area (Å²) in [6, 6.07) is 8.67. The summed E-state index contributed by atoms with van der Waals surface area (Å²) in [5.41, 5.74) is 2.56. The van der Waals surface area contributed by atoms with Crippen molar-refractivity contribution in [1.82, 2.24) is 0 Å². The van der Waals surface area contributed by atoms with Crippen LogP contribution in [0.5, 0.6) is 0 Å². The molecule has 1 unspecified atom stereocenters. The molecule has 104 valence electrons. The molecule has 0 spiro atoms. The molecule has 2 heteroatoms. The van der Waals surface area contributed by atoms with E-state index in [0.717, 1.165) is 22.5 Å². The van der Waals surface area contributed by atoms with Crippen molar-refractivity contribution in [3.8, 4) is 0 Å². The smallest absolute Gasteiger partial charge is 0.0880 e. The van der Waals surface area contributed by atoms with Crippen LogP contribution in [-0.4, -0.2) is 16.1 Å². The third kappa shape index (κ3) is 3.35. The first-order valence-corrected chi connectivity index (χ1v) is 8.77. The van der Waals surface area contributed by atoms with Gasteiger partial charge in [-0.25, -0.2) is 0 Å². The summed E-state index contributed by atoms with van der Waals surface area (Å²) in [4.78, 5) is 0. The maximum atomic E-state index is 10.4. The molecule has 19 heavy (non-hydrogen) atoms. The predicted molar refractivity (Wildman–Crippen MR) is 82.7 cm³/mol. The molecule has 1 nitrogen and oxygen atoms in total. The van der Waals surface area contributed by atoms with Gasteiger partial charge in [-0.05, 0) is 42.7 Å². The van der Waals surface area contributed by atoms with E-state index in [1.54, 1.807) is 0 Å². The number of hydrogen-bond donors (Lipinski definition) is 1. The molecule has 2 aliphatic carbocycles. The van der Waals surface area contributed by atoms with Gasteiger partial charge in [0.05, 0.1) is 6.10 Å². The molecule has 0 aromatic heterocycles. The molecule has 0 radical (unpaired) electrons. The Morgan fingerprint density at radius 1 is 1.11 bits per heavy atom. The van der Waals surface area contributed by atoms with Crippen LogP contribution in [0.4, 0.5) is 0 Å².